The number of esters is 1. The maximum Gasteiger partial charge on any atom is 0.410 e. The van der Waals surface area contributed by atoms with Crippen molar-refractivity contribution in [2.24, 2.45) is 0 Å². The van der Waals surface area contributed by atoms with E-state index in [1.165, 1.54) is 10.8 Å². The molecule has 1 aliphatic heterocycles. The Labute approximate surface area is 241 Å². The molecular weight excluding hydrogens is 516 g/mol. The molecule has 3 aromatic carbocycles. The number of amides is 1. The highest BCUT2D eigenvalue weighted by Crippen LogP contribution is 2.32. The number of hydrogen-bond acceptors (Lipinski definition) is 6. The molecule has 1 aliphatic rings. The summed E-state index contributed by atoms with van der Waals surface area (Å²) in [5.41, 5.74) is 3.02. The van der Waals surface area contributed by atoms with Crippen LogP contribution in [-0.2, 0) is 27.4 Å². The van der Waals surface area contributed by atoms with Crippen LogP contribution >= 0.6 is 0 Å². The number of nitrogens with zero attached hydrogens (tertiary/aromatic N) is 2. The Balaban J connectivity index is 1.28. The van der Waals surface area contributed by atoms with Gasteiger partial charge >= 0.3 is 12.1 Å². The lowest BCUT2D eigenvalue weighted by molar-refractivity contribution is -0.0359. The maximum absolute atomic E-state index is 12.9. The van der Waals surface area contributed by atoms with Crippen molar-refractivity contribution in [2.45, 2.75) is 58.0 Å². The molecule has 1 amide bonds. The van der Waals surface area contributed by atoms with Crippen LogP contribution in [0, 0.1) is 0 Å². The second kappa shape index (κ2) is 12.5. The Kier molecular flexibility index (Phi) is 8.64. The Morgan fingerprint density at radius 1 is 0.878 bits per heavy atom. The molecule has 1 aromatic heterocycles. The van der Waals surface area contributed by atoms with Crippen LogP contribution in [0.25, 0.3) is 10.8 Å². The van der Waals surface area contributed by atoms with Crippen LogP contribution in [-0.4, -0.2) is 46.7 Å². The summed E-state index contributed by atoms with van der Waals surface area (Å²) >= 11 is 0. The predicted molar refractivity (Wildman–Crippen MR) is 157 cm³/mol. The van der Waals surface area contributed by atoms with Crippen LogP contribution in [0.15, 0.2) is 91.3 Å². The number of rotatable bonds is 7. The van der Waals surface area contributed by atoms with E-state index < -0.39 is 5.60 Å². The maximum atomic E-state index is 12.9. The van der Waals surface area contributed by atoms with E-state index in [9.17, 15) is 9.59 Å². The number of ether oxygens (including phenoxy) is 3. The Morgan fingerprint density at radius 2 is 1.59 bits per heavy atom. The molecule has 0 saturated carbocycles. The van der Waals surface area contributed by atoms with Crippen LogP contribution < -0.4 is 0 Å². The second-order valence-electron chi connectivity index (χ2n) is 11.4. The first-order valence-electron chi connectivity index (χ1n) is 14.0. The normalized spacial score (nSPS) is 17.3. The molecule has 0 spiro atoms. The van der Waals surface area contributed by atoms with Crippen LogP contribution in [0.1, 0.15) is 60.2 Å². The van der Waals surface area contributed by atoms with Gasteiger partial charge in [0.1, 0.15) is 12.2 Å². The molecule has 0 aliphatic carbocycles. The van der Waals surface area contributed by atoms with Crippen molar-refractivity contribution in [1.82, 2.24) is 9.88 Å². The monoisotopic (exact) mass is 552 g/mol. The van der Waals surface area contributed by atoms with Gasteiger partial charge in [-0.25, -0.2) is 9.59 Å². The summed E-state index contributed by atoms with van der Waals surface area (Å²) in [6.07, 6.45) is 3.35. The molecular formula is C34H36N2O5. The van der Waals surface area contributed by atoms with Crippen LogP contribution in [0.4, 0.5) is 4.79 Å². The molecule has 5 rings (SSSR count). The van der Waals surface area contributed by atoms with E-state index in [0.29, 0.717) is 25.3 Å². The van der Waals surface area contributed by atoms with E-state index in [1.54, 1.807) is 29.4 Å². The van der Waals surface area contributed by atoms with Gasteiger partial charge in [0, 0.05) is 24.9 Å². The van der Waals surface area contributed by atoms with E-state index in [2.05, 4.69) is 47.4 Å². The third-order valence-electron chi connectivity index (χ3n) is 7.18. The molecule has 1 saturated heterocycles. The minimum atomic E-state index is -0.563. The fourth-order valence-electron chi connectivity index (χ4n) is 5.07. The highest BCUT2D eigenvalue weighted by molar-refractivity contribution is 5.89. The predicted octanol–water partition coefficient (Wildman–Crippen LogP) is 6.90. The van der Waals surface area contributed by atoms with E-state index in [1.807, 2.05) is 45.0 Å². The van der Waals surface area contributed by atoms with Crippen LogP contribution in [0.3, 0.4) is 0 Å². The zero-order valence-electron chi connectivity index (χ0n) is 23.8. The smallest absolute Gasteiger partial charge is 0.410 e. The summed E-state index contributed by atoms with van der Waals surface area (Å²) in [6, 6.07) is 26.0. The van der Waals surface area contributed by atoms with E-state index in [-0.39, 0.29) is 30.7 Å². The van der Waals surface area contributed by atoms with Gasteiger partial charge < -0.3 is 19.1 Å². The van der Waals surface area contributed by atoms with Gasteiger partial charge in [0.25, 0.3) is 0 Å². The van der Waals surface area contributed by atoms with Gasteiger partial charge in [-0.1, -0.05) is 60.7 Å². The Hall–Kier alpha value is -4.23. The summed E-state index contributed by atoms with van der Waals surface area (Å²) in [6.45, 7) is 7.28. The van der Waals surface area contributed by atoms with Gasteiger partial charge in [-0.3, -0.25) is 4.98 Å². The van der Waals surface area contributed by atoms with Crippen LogP contribution in [0.5, 0.6) is 0 Å². The topological polar surface area (TPSA) is 78.0 Å². The van der Waals surface area contributed by atoms with Crippen LogP contribution in [0.2, 0.25) is 0 Å². The zero-order valence-corrected chi connectivity index (χ0v) is 23.8. The number of likely N-dealkylation sites (tertiary alicyclic amines) is 1. The minimum absolute atomic E-state index is 0.0996. The Bertz CT molecular complexity index is 1480. The van der Waals surface area contributed by atoms with E-state index in [0.717, 1.165) is 23.1 Å². The minimum Gasteiger partial charge on any atom is -0.457 e. The summed E-state index contributed by atoms with van der Waals surface area (Å²) in [5, 5.41) is 2.36. The van der Waals surface area contributed by atoms with Crippen molar-refractivity contribution in [3.8, 4) is 0 Å². The average Bonchev–Trinajstić information content (AvgIpc) is 2.98. The number of hydrogen-bond donors (Lipinski definition) is 0. The number of pyridine rings is 1. The zero-order chi connectivity index (χ0) is 28.8. The first-order chi connectivity index (χ1) is 19.7. The van der Waals surface area contributed by atoms with Gasteiger partial charge in [0.15, 0.2) is 0 Å². The molecule has 212 valence electrons. The molecule has 0 radical (unpaired) electrons. The highest BCUT2D eigenvalue weighted by atomic mass is 16.6. The summed E-state index contributed by atoms with van der Waals surface area (Å²) in [5.74, 6) is -0.282. The van der Waals surface area contributed by atoms with Gasteiger partial charge in [-0.15, -0.1) is 0 Å². The third-order valence-corrected chi connectivity index (χ3v) is 7.18. The van der Waals surface area contributed by atoms with Gasteiger partial charge in [0.2, 0.25) is 0 Å². The largest absolute Gasteiger partial charge is 0.457 e. The number of benzene rings is 3. The molecule has 4 aromatic rings. The summed E-state index contributed by atoms with van der Waals surface area (Å²) in [4.78, 5) is 30.9. The van der Waals surface area contributed by atoms with Crippen molar-refractivity contribution in [2.75, 3.05) is 13.1 Å². The van der Waals surface area contributed by atoms with Gasteiger partial charge in [-0.2, -0.15) is 0 Å². The van der Waals surface area contributed by atoms with Crippen molar-refractivity contribution < 1.29 is 23.8 Å². The van der Waals surface area contributed by atoms with Crippen molar-refractivity contribution in [1.29, 1.82) is 0 Å². The third kappa shape index (κ3) is 7.50. The number of carbonyl (C=O) groups is 2. The molecule has 7 nitrogen and oxygen atoms in total. The van der Waals surface area contributed by atoms with Crippen molar-refractivity contribution >= 4 is 22.8 Å². The molecule has 2 atom stereocenters. The van der Waals surface area contributed by atoms with E-state index >= 15 is 0 Å². The van der Waals surface area contributed by atoms with Gasteiger partial charge in [0.05, 0.1) is 24.8 Å². The SMILES string of the molecule is CC(C)(C)OC(=O)N1CCC(c2ccc(COC(=O)c3ccncc3)cc2)C(OCc2ccc3ccccc3c2)C1. The quantitative estimate of drug-likeness (QED) is 0.232. The Morgan fingerprint density at radius 3 is 2.32 bits per heavy atom. The second-order valence-corrected chi connectivity index (χ2v) is 11.4. The molecule has 7 heteroatoms. The summed E-state index contributed by atoms with van der Waals surface area (Å²) in [7, 11) is 0. The molecule has 0 bridgehead atoms. The van der Waals surface area contributed by atoms with Gasteiger partial charge in [-0.05, 0) is 72.9 Å². The molecule has 2 unspecified atom stereocenters. The summed E-state index contributed by atoms with van der Waals surface area (Å²) < 4.78 is 17.7. The van der Waals surface area contributed by atoms with Crippen molar-refractivity contribution in [3.63, 3.8) is 0 Å². The number of carbonyl (C=O) groups excluding carboxylic acids is 2. The lowest BCUT2D eigenvalue weighted by atomic mass is 9.86. The highest BCUT2D eigenvalue weighted by Gasteiger charge is 2.35. The standard InChI is InChI=1S/C34H36N2O5/c1-34(2,3)41-33(38)36-19-16-30(31(21-36)39-23-25-10-11-26-6-4-5-7-29(26)20-25)27-12-8-24(9-13-27)22-40-32(37)28-14-17-35-18-15-28/h4-15,17-18,20,30-31H,16,19,21-23H2,1-3H3. The fourth-order valence-corrected chi connectivity index (χ4v) is 5.07. The van der Waals surface area contributed by atoms with Crippen molar-refractivity contribution in [3.05, 3.63) is 114 Å². The lowest BCUT2D eigenvalue weighted by Gasteiger charge is -2.39. The number of aromatic nitrogens is 1. The molecule has 41 heavy (non-hydrogen) atoms. The van der Waals surface area contributed by atoms with E-state index in [4.69, 9.17) is 14.2 Å². The molecule has 1 fully saturated rings. The number of fused-ring (bicyclic) bond motifs is 1. The fraction of sp³-hybridized carbons (Fsp3) is 0.324. The molecule has 0 N–H and O–H groups in total. The first kappa shape index (κ1) is 28.3. The molecule has 2 heterocycles. The average molecular weight is 553 g/mol. The first-order valence-corrected chi connectivity index (χ1v) is 14.0. The lowest BCUT2D eigenvalue weighted by Crippen LogP contribution is -2.48. The number of piperidine rings is 1.